The highest BCUT2D eigenvalue weighted by Crippen LogP contribution is 2.34. The third kappa shape index (κ3) is 2.60. The predicted molar refractivity (Wildman–Crippen MR) is 93.6 cm³/mol. The minimum absolute atomic E-state index is 0.128. The summed E-state index contributed by atoms with van der Waals surface area (Å²) in [6, 6.07) is 11.9. The molecule has 2 atom stereocenters. The van der Waals surface area contributed by atoms with Crippen molar-refractivity contribution in [1.82, 2.24) is 10.3 Å². The average Bonchev–Trinajstić information content (AvgIpc) is 2.95. The monoisotopic (exact) mass is 308 g/mol. The van der Waals surface area contributed by atoms with Crippen molar-refractivity contribution in [3.8, 4) is 6.07 Å². The van der Waals surface area contributed by atoms with Crippen molar-refractivity contribution < 1.29 is 0 Å². The molecular weight excluding hydrogens is 284 g/mol. The molecule has 0 unspecified atom stereocenters. The number of aromatic nitrogens is 1. The van der Waals surface area contributed by atoms with Crippen LogP contribution in [0.5, 0.6) is 0 Å². The summed E-state index contributed by atoms with van der Waals surface area (Å²) < 4.78 is 0. The van der Waals surface area contributed by atoms with Crippen molar-refractivity contribution >= 4 is 16.6 Å². The maximum Gasteiger partial charge on any atom is 0.118 e. The molecule has 1 saturated heterocycles. The quantitative estimate of drug-likeness (QED) is 0.847. The number of hydrogen-bond donors (Lipinski definition) is 2. The summed E-state index contributed by atoms with van der Waals surface area (Å²) in [7, 11) is 0. The van der Waals surface area contributed by atoms with Crippen LogP contribution in [0, 0.1) is 11.3 Å². The van der Waals surface area contributed by atoms with Crippen LogP contribution < -0.4 is 10.2 Å². The fourth-order valence-corrected chi connectivity index (χ4v) is 4.39. The number of nitrogens with one attached hydrogen (secondary N) is 2. The first-order valence-electron chi connectivity index (χ1n) is 8.63. The van der Waals surface area contributed by atoms with E-state index in [1.165, 1.54) is 31.4 Å². The number of anilines is 1. The summed E-state index contributed by atoms with van der Waals surface area (Å²) in [5.74, 6) is 0. The van der Waals surface area contributed by atoms with Gasteiger partial charge >= 0.3 is 0 Å². The normalized spacial score (nSPS) is 26.7. The second-order valence-corrected chi connectivity index (χ2v) is 7.68. The lowest BCUT2D eigenvalue weighted by Crippen LogP contribution is -2.67. The highest BCUT2D eigenvalue weighted by molar-refractivity contribution is 5.85. The van der Waals surface area contributed by atoms with Crippen LogP contribution in [0.4, 0.5) is 5.69 Å². The van der Waals surface area contributed by atoms with E-state index in [-0.39, 0.29) is 5.54 Å². The zero-order chi connectivity index (χ0) is 16.0. The molecule has 0 radical (unpaired) electrons. The van der Waals surface area contributed by atoms with Crippen molar-refractivity contribution in [2.24, 2.45) is 0 Å². The lowest BCUT2D eigenvalue weighted by Gasteiger charge is -2.52. The lowest BCUT2D eigenvalue weighted by molar-refractivity contribution is 0.199. The standard InChI is InChI=1S/C19H24N4/c1-19(2)12-23(18-6-4-3-5-17(18)22-19)15-7-8-16-13(10-15)9-14(11-20)21-16/h7-10,17-18,21-22H,3-6,12H2,1-2H3/t17-,18-/m0/s1. The van der Waals surface area contributed by atoms with E-state index in [1.807, 2.05) is 6.07 Å². The SMILES string of the molecule is CC1(C)CN(c2ccc3[nH]c(C#N)cc3c2)[C@H]2CCCC[C@@H]2N1. The maximum absolute atomic E-state index is 9.08. The summed E-state index contributed by atoms with van der Waals surface area (Å²) in [6.07, 6.45) is 5.20. The Morgan fingerprint density at radius 3 is 2.87 bits per heavy atom. The van der Waals surface area contributed by atoms with E-state index in [0.29, 0.717) is 17.8 Å². The smallest absolute Gasteiger partial charge is 0.118 e. The third-order valence-corrected chi connectivity index (χ3v) is 5.33. The van der Waals surface area contributed by atoms with Crippen LogP contribution in [-0.2, 0) is 0 Å². The number of piperazine rings is 1. The number of hydrogen-bond acceptors (Lipinski definition) is 3. The van der Waals surface area contributed by atoms with Gasteiger partial charge in [-0.2, -0.15) is 5.26 Å². The Hall–Kier alpha value is -1.99. The van der Waals surface area contributed by atoms with Gasteiger partial charge in [-0.1, -0.05) is 12.8 Å². The molecule has 1 aliphatic carbocycles. The van der Waals surface area contributed by atoms with Gasteiger partial charge in [0.15, 0.2) is 0 Å². The fraction of sp³-hybridized carbons (Fsp3) is 0.526. The van der Waals surface area contributed by atoms with Crippen molar-refractivity contribution in [2.75, 3.05) is 11.4 Å². The van der Waals surface area contributed by atoms with Crippen LogP contribution in [0.15, 0.2) is 24.3 Å². The van der Waals surface area contributed by atoms with Gasteiger partial charge in [0.05, 0.1) is 0 Å². The molecule has 2 aliphatic rings. The molecular formula is C19H24N4. The van der Waals surface area contributed by atoms with E-state index >= 15 is 0 Å². The molecule has 2 aromatic rings. The summed E-state index contributed by atoms with van der Waals surface area (Å²) in [5, 5.41) is 14.1. The van der Waals surface area contributed by atoms with Crippen LogP contribution in [-0.4, -0.2) is 29.2 Å². The molecule has 1 aromatic heterocycles. The van der Waals surface area contributed by atoms with Crippen molar-refractivity contribution in [2.45, 2.75) is 57.2 Å². The van der Waals surface area contributed by atoms with Gasteiger partial charge in [0.25, 0.3) is 0 Å². The molecule has 23 heavy (non-hydrogen) atoms. The summed E-state index contributed by atoms with van der Waals surface area (Å²) >= 11 is 0. The molecule has 2 N–H and O–H groups in total. The average molecular weight is 308 g/mol. The molecule has 0 spiro atoms. The van der Waals surface area contributed by atoms with Crippen LogP contribution in [0.3, 0.4) is 0 Å². The van der Waals surface area contributed by atoms with Gasteiger partial charge in [0.1, 0.15) is 11.8 Å². The van der Waals surface area contributed by atoms with Crippen molar-refractivity contribution in [3.63, 3.8) is 0 Å². The number of H-pyrrole nitrogens is 1. The number of nitrogens with zero attached hydrogens (tertiary/aromatic N) is 2. The Balaban J connectivity index is 1.73. The molecule has 2 fully saturated rings. The Morgan fingerprint density at radius 2 is 2.04 bits per heavy atom. The van der Waals surface area contributed by atoms with Crippen molar-refractivity contribution in [3.05, 3.63) is 30.0 Å². The minimum atomic E-state index is 0.128. The number of nitriles is 1. The second-order valence-electron chi connectivity index (χ2n) is 7.68. The summed E-state index contributed by atoms with van der Waals surface area (Å²) in [5.41, 5.74) is 3.09. The van der Waals surface area contributed by atoms with Gasteiger partial charge in [-0.25, -0.2) is 0 Å². The van der Waals surface area contributed by atoms with E-state index in [9.17, 15) is 0 Å². The van der Waals surface area contributed by atoms with E-state index < -0.39 is 0 Å². The van der Waals surface area contributed by atoms with Crippen LogP contribution in [0.2, 0.25) is 0 Å². The van der Waals surface area contributed by atoms with Crippen molar-refractivity contribution in [1.29, 1.82) is 5.26 Å². The molecule has 1 aliphatic heterocycles. The van der Waals surface area contributed by atoms with Gasteiger partial charge in [-0.05, 0) is 51.0 Å². The predicted octanol–water partition coefficient (Wildman–Crippen LogP) is 3.54. The number of fused-ring (bicyclic) bond motifs is 2. The first-order chi connectivity index (χ1) is 11.1. The first-order valence-corrected chi connectivity index (χ1v) is 8.63. The lowest BCUT2D eigenvalue weighted by atomic mass is 9.83. The van der Waals surface area contributed by atoms with Gasteiger partial charge in [0.2, 0.25) is 0 Å². The van der Waals surface area contributed by atoms with Gasteiger partial charge in [-0.3, -0.25) is 0 Å². The van der Waals surface area contributed by atoms with Gasteiger partial charge < -0.3 is 15.2 Å². The Morgan fingerprint density at radius 1 is 1.22 bits per heavy atom. The highest BCUT2D eigenvalue weighted by Gasteiger charge is 2.40. The minimum Gasteiger partial charge on any atom is -0.365 e. The third-order valence-electron chi connectivity index (χ3n) is 5.33. The van der Waals surface area contributed by atoms with E-state index in [2.05, 4.69) is 53.3 Å². The van der Waals surface area contributed by atoms with Gasteiger partial charge in [0, 0.05) is 40.8 Å². The Bertz CT molecular complexity index is 767. The molecule has 4 rings (SSSR count). The van der Waals surface area contributed by atoms with Crippen LogP contribution in [0.1, 0.15) is 45.2 Å². The zero-order valence-electron chi connectivity index (χ0n) is 13.9. The van der Waals surface area contributed by atoms with Crippen LogP contribution >= 0.6 is 0 Å². The Kier molecular flexibility index (Phi) is 3.35. The van der Waals surface area contributed by atoms with Gasteiger partial charge in [-0.15, -0.1) is 0 Å². The second kappa shape index (κ2) is 5.28. The molecule has 4 heteroatoms. The first kappa shape index (κ1) is 14.6. The topological polar surface area (TPSA) is 54.9 Å². The molecule has 120 valence electrons. The number of rotatable bonds is 1. The summed E-state index contributed by atoms with van der Waals surface area (Å²) in [4.78, 5) is 5.75. The van der Waals surface area contributed by atoms with E-state index in [4.69, 9.17) is 5.26 Å². The largest absolute Gasteiger partial charge is 0.365 e. The zero-order valence-corrected chi connectivity index (χ0v) is 13.9. The maximum atomic E-state index is 9.08. The highest BCUT2D eigenvalue weighted by atomic mass is 15.3. The Labute approximate surface area is 137 Å². The molecule has 0 bridgehead atoms. The number of aromatic amines is 1. The summed E-state index contributed by atoms with van der Waals surface area (Å²) in [6.45, 7) is 5.62. The molecule has 1 aromatic carbocycles. The molecule has 1 saturated carbocycles. The van der Waals surface area contributed by atoms with E-state index in [0.717, 1.165) is 17.4 Å². The molecule has 4 nitrogen and oxygen atoms in total. The molecule has 2 heterocycles. The molecule has 0 amide bonds. The van der Waals surface area contributed by atoms with E-state index in [1.54, 1.807) is 0 Å². The number of benzene rings is 1. The fourth-order valence-electron chi connectivity index (χ4n) is 4.39. The van der Waals surface area contributed by atoms with Crippen LogP contribution in [0.25, 0.3) is 10.9 Å².